The van der Waals surface area contributed by atoms with Crippen molar-refractivity contribution in [2.24, 2.45) is 0 Å². The summed E-state index contributed by atoms with van der Waals surface area (Å²) in [6.07, 6.45) is -5.70. The summed E-state index contributed by atoms with van der Waals surface area (Å²) in [5.41, 5.74) is -2.44. The second-order valence-electron chi connectivity index (χ2n) is 5.25. The van der Waals surface area contributed by atoms with Crippen molar-refractivity contribution in [1.29, 1.82) is 5.41 Å². The van der Waals surface area contributed by atoms with Crippen molar-refractivity contribution < 1.29 is 18.3 Å². The smallest absolute Gasteiger partial charge is 0.376 e. The van der Waals surface area contributed by atoms with Gasteiger partial charge in [-0.2, -0.15) is 13.2 Å². The molecule has 0 aliphatic carbocycles. The van der Waals surface area contributed by atoms with Crippen LogP contribution < -0.4 is 0 Å². The van der Waals surface area contributed by atoms with Crippen LogP contribution in [-0.2, 0) is 5.60 Å². The second-order valence-corrected chi connectivity index (χ2v) is 5.25. The van der Waals surface area contributed by atoms with Crippen LogP contribution in [-0.4, -0.2) is 17.0 Å². The monoisotopic (exact) mass is 337 g/mol. The van der Waals surface area contributed by atoms with Crippen molar-refractivity contribution in [3.63, 3.8) is 0 Å². The summed E-state index contributed by atoms with van der Waals surface area (Å²) in [7, 11) is 0. The quantitative estimate of drug-likeness (QED) is 0.737. The lowest BCUT2D eigenvalue weighted by molar-refractivity contribution is -0.263. The molecule has 2 aromatic rings. The molecule has 0 aliphatic heterocycles. The van der Waals surface area contributed by atoms with E-state index in [-0.39, 0.29) is 11.3 Å². The lowest BCUT2D eigenvalue weighted by Crippen LogP contribution is -2.44. The molecule has 0 bridgehead atoms. The molecule has 24 heavy (non-hydrogen) atoms. The highest BCUT2D eigenvalue weighted by Gasteiger charge is 2.55. The van der Waals surface area contributed by atoms with Gasteiger partial charge in [0.05, 0.1) is 0 Å². The molecule has 0 saturated carbocycles. The topological polar surface area (TPSA) is 44.1 Å². The lowest BCUT2D eigenvalue weighted by atomic mass is 9.85. The summed E-state index contributed by atoms with van der Waals surface area (Å²) in [5, 5.41) is 18.2. The average Bonchev–Trinajstić information content (AvgIpc) is 2.57. The van der Waals surface area contributed by atoms with E-state index < -0.39 is 18.2 Å². The van der Waals surface area contributed by atoms with Crippen LogP contribution in [0.2, 0.25) is 0 Å². The van der Waals surface area contributed by atoms with Crippen molar-refractivity contribution in [3.8, 4) is 0 Å². The van der Waals surface area contributed by atoms with Crippen LogP contribution in [0, 0.1) is 12.3 Å². The number of aliphatic hydroxyl groups is 1. The third-order valence-electron chi connectivity index (χ3n) is 3.55. The first kappa shape index (κ1) is 19.9. The van der Waals surface area contributed by atoms with Crippen molar-refractivity contribution in [2.75, 3.05) is 0 Å². The van der Waals surface area contributed by atoms with Crippen LogP contribution in [0.4, 0.5) is 13.2 Å². The molecular weight excluding hydrogens is 315 g/mol. The van der Waals surface area contributed by atoms with E-state index in [1.165, 1.54) is 24.3 Å². The van der Waals surface area contributed by atoms with Gasteiger partial charge in [-0.15, -0.1) is 0 Å². The van der Waals surface area contributed by atoms with Gasteiger partial charge in [0.15, 0.2) is 5.60 Å². The Hall–Kier alpha value is -2.14. The zero-order valence-corrected chi connectivity index (χ0v) is 14.0. The van der Waals surface area contributed by atoms with Crippen LogP contribution in [0.15, 0.2) is 54.6 Å². The number of hydrogen-bond acceptors (Lipinski definition) is 2. The predicted octanol–water partition coefficient (Wildman–Crippen LogP) is 5.23. The first-order chi connectivity index (χ1) is 11.2. The summed E-state index contributed by atoms with van der Waals surface area (Å²) in [6.45, 7) is 5.75. The molecule has 1 unspecified atom stereocenters. The molecule has 0 spiro atoms. The zero-order valence-electron chi connectivity index (χ0n) is 14.0. The van der Waals surface area contributed by atoms with E-state index in [0.29, 0.717) is 5.56 Å². The van der Waals surface area contributed by atoms with Gasteiger partial charge in [0.25, 0.3) is 0 Å². The molecule has 5 heteroatoms. The van der Waals surface area contributed by atoms with Gasteiger partial charge in [-0.1, -0.05) is 74.0 Å². The lowest BCUT2D eigenvalue weighted by Gasteiger charge is -2.31. The zero-order chi connectivity index (χ0) is 18.4. The van der Waals surface area contributed by atoms with Gasteiger partial charge in [0.2, 0.25) is 0 Å². The highest BCUT2D eigenvalue weighted by atomic mass is 19.4. The van der Waals surface area contributed by atoms with Crippen LogP contribution in [0.3, 0.4) is 0 Å². The van der Waals surface area contributed by atoms with Crippen molar-refractivity contribution in [1.82, 2.24) is 0 Å². The SMILES string of the molecule is CC.Cc1ccc(C(O)(CC(=N)c2ccccc2)C(F)(F)F)cc1. The highest BCUT2D eigenvalue weighted by molar-refractivity contribution is 5.98. The summed E-state index contributed by atoms with van der Waals surface area (Å²) in [4.78, 5) is 0. The number of aryl methyl sites for hydroxylation is 1. The van der Waals surface area contributed by atoms with E-state index in [1.54, 1.807) is 37.3 Å². The molecule has 0 radical (unpaired) electrons. The van der Waals surface area contributed by atoms with Gasteiger partial charge < -0.3 is 10.5 Å². The van der Waals surface area contributed by atoms with E-state index in [4.69, 9.17) is 5.41 Å². The van der Waals surface area contributed by atoms with E-state index in [2.05, 4.69) is 0 Å². The summed E-state index contributed by atoms with van der Waals surface area (Å²) in [5.74, 6) is 0. The third kappa shape index (κ3) is 4.45. The van der Waals surface area contributed by atoms with E-state index in [1.807, 2.05) is 13.8 Å². The van der Waals surface area contributed by atoms with Gasteiger partial charge in [0, 0.05) is 12.1 Å². The number of benzene rings is 2. The number of halogens is 3. The summed E-state index contributed by atoms with van der Waals surface area (Å²) in [6, 6.07) is 13.6. The molecule has 1 atom stereocenters. The molecule has 0 heterocycles. The number of nitrogens with one attached hydrogen (secondary N) is 1. The Balaban J connectivity index is 0.00000139. The van der Waals surface area contributed by atoms with E-state index >= 15 is 0 Å². The largest absolute Gasteiger partial charge is 0.421 e. The number of hydrogen-bond donors (Lipinski definition) is 2. The standard InChI is InChI=1S/C17H16F3NO.C2H6/c1-12-7-9-14(10-8-12)16(22,17(18,19)20)11-15(21)13-5-3-2-4-6-13;1-2/h2-10,21-22H,11H2,1H3;1-2H3. The second kappa shape index (κ2) is 8.11. The van der Waals surface area contributed by atoms with E-state index in [9.17, 15) is 18.3 Å². The van der Waals surface area contributed by atoms with Crippen LogP contribution in [0.1, 0.15) is 37.0 Å². The van der Waals surface area contributed by atoms with Crippen molar-refractivity contribution >= 4 is 5.71 Å². The molecule has 0 fully saturated rings. The molecule has 2 aromatic carbocycles. The Morgan fingerprint density at radius 3 is 1.92 bits per heavy atom. The van der Waals surface area contributed by atoms with Crippen molar-refractivity contribution in [3.05, 3.63) is 71.3 Å². The summed E-state index contributed by atoms with van der Waals surface area (Å²) >= 11 is 0. The van der Waals surface area contributed by atoms with Crippen molar-refractivity contribution in [2.45, 2.75) is 39.0 Å². The Bertz CT molecular complexity index is 651. The Labute approximate surface area is 140 Å². The minimum Gasteiger partial charge on any atom is -0.376 e. The summed E-state index contributed by atoms with van der Waals surface area (Å²) < 4.78 is 40.3. The van der Waals surface area contributed by atoms with Gasteiger partial charge in [0.1, 0.15) is 0 Å². The number of alkyl halides is 3. The normalized spacial score (nSPS) is 13.5. The minimum absolute atomic E-state index is 0.258. The Morgan fingerprint density at radius 1 is 0.958 bits per heavy atom. The van der Waals surface area contributed by atoms with Gasteiger partial charge in [-0.25, -0.2) is 0 Å². The minimum atomic E-state index is -4.87. The van der Waals surface area contributed by atoms with Gasteiger partial charge in [-0.3, -0.25) is 0 Å². The predicted molar refractivity (Wildman–Crippen MR) is 90.4 cm³/mol. The third-order valence-corrected chi connectivity index (χ3v) is 3.55. The highest BCUT2D eigenvalue weighted by Crippen LogP contribution is 2.42. The Kier molecular flexibility index (Phi) is 6.72. The Morgan fingerprint density at radius 2 is 1.46 bits per heavy atom. The first-order valence-corrected chi connectivity index (χ1v) is 7.73. The maximum absolute atomic E-state index is 13.4. The average molecular weight is 337 g/mol. The van der Waals surface area contributed by atoms with Crippen LogP contribution in [0.5, 0.6) is 0 Å². The number of rotatable bonds is 4. The maximum Gasteiger partial charge on any atom is 0.421 e. The molecule has 2 rings (SSSR count). The molecular formula is C19H22F3NO. The molecule has 0 aliphatic rings. The molecule has 0 saturated heterocycles. The van der Waals surface area contributed by atoms with Gasteiger partial charge >= 0.3 is 6.18 Å². The molecule has 2 nitrogen and oxygen atoms in total. The molecule has 0 aromatic heterocycles. The molecule has 0 amide bonds. The molecule has 2 N–H and O–H groups in total. The fourth-order valence-electron chi connectivity index (χ4n) is 2.19. The molecule has 130 valence electrons. The van der Waals surface area contributed by atoms with Gasteiger partial charge in [-0.05, 0) is 18.1 Å². The van der Waals surface area contributed by atoms with Crippen LogP contribution in [0.25, 0.3) is 0 Å². The fraction of sp³-hybridized carbons (Fsp3) is 0.316. The van der Waals surface area contributed by atoms with E-state index in [0.717, 1.165) is 5.56 Å². The van der Waals surface area contributed by atoms with Crippen LogP contribution >= 0.6 is 0 Å². The maximum atomic E-state index is 13.4. The first-order valence-electron chi connectivity index (χ1n) is 7.73. The fourth-order valence-corrected chi connectivity index (χ4v) is 2.19.